The van der Waals surface area contributed by atoms with Gasteiger partial charge in [0.2, 0.25) is 5.91 Å². The fraction of sp³-hybridized carbons (Fsp3) is 0.182. The molecule has 0 saturated carbocycles. The van der Waals surface area contributed by atoms with Gasteiger partial charge in [-0.25, -0.2) is 4.98 Å². The largest absolute Gasteiger partial charge is 0.352 e. The molecule has 1 aromatic heterocycles. The smallest absolute Gasteiger partial charge is 0.281 e. The Morgan fingerprint density at radius 2 is 1.70 bits per heavy atom. The Labute approximate surface area is 178 Å². The first kappa shape index (κ1) is 21.2. The van der Waals surface area contributed by atoms with Gasteiger partial charge in [-0.3, -0.25) is 25.2 Å². The van der Waals surface area contributed by atoms with E-state index in [-0.39, 0.29) is 18.9 Å². The predicted molar refractivity (Wildman–Crippen MR) is 116 cm³/mol. The molecule has 0 bridgehead atoms. The van der Waals surface area contributed by atoms with Crippen LogP contribution >= 0.6 is 11.3 Å². The number of benzene rings is 2. The monoisotopic (exact) mass is 422 g/mol. The highest BCUT2D eigenvalue weighted by molar-refractivity contribution is 7.17. The third-order valence-electron chi connectivity index (χ3n) is 4.26. The first-order valence-corrected chi connectivity index (χ1v) is 10.2. The van der Waals surface area contributed by atoms with E-state index in [4.69, 9.17) is 0 Å². The number of aromatic nitrogens is 1. The maximum atomic E-state index is 12.4. The third-order valence-corrected chi connectivity index (χ3v) is 5.46. The summed E-state index contributed by atoms with van der Waals surface area (Å²) >= 11 is 1.26. The van der Waals surface area contributed by atoms with Gasteiger partial charge in [-0.1, -0.05) is 48.0 Å². The summed E-state index contributed by atoms with van der Waals surface area (Å²) in [6.07, 6.45) is 0.0365. The number of hydrogen-bond donors (Lipinski definition) is 3. The van der Waals surface area contributed by atoms with Crippen LogP contribution in [0, 0.1) is 13.8 Å². The van der Waals surface area contributed by atoms with E-state index >= 15 is 0 Å². The summed E-state index contributed by atoms with van der Waals surface area (Å²) in [5.41, 5.74) is 7.82. The van der Waals surface area contributed by atoms with E-state index in [0.29, 0.717) is 16.1 Å². The average Bonchev–Trinajstić information content (AvgIpc) is 3.14. The molecule has 0 atom stereocenters. The zero-order valence-corrected chi connectivity index (χ0v) is 17.5. The van der Waals surface area contributed by atoms with Gasteiger partial charge in [-0.15, -0.1) is 11.3 Å². The predicted octanol–water partition coefficient (Wildman–Crippen LogP) is 3.01. The molecule has 3 amide bonds. The Hall–Kier alpha value is -3.52. The van der Waals surface area contributed by atoms with Gasteiger partial charge in [-0.05, 0) is 26.0 Å². The van der Waals surface area contributed by atoms with E-state index in [0.717, 1.165) is 16.1 Å². The number of nitrogens with zero attached hydrogens (tertiary/aromatic N) is 1. The molecule has 3 aromatic rings. The fourth-order valence-electron chi connectivity index (χ4n) is 2.73. The van der Waals surface area contributed by atoms with E-state index in [2.05, 4.69) is 21.2 Å². The van der Waals surface area contributed by atoms with Gasteiger partial charge in [0.05, 0.1) is 5.69 Å². The number of hydrogen-bond acceptors (Lipinski definition) is 5. The number of nitrogens with one attached hydrogen (secondary N) is 3. The average molecular weight is 423 g/mol. The molecule has 0 aliphatic carbocycles. The van der Waals surface area contributed by atoms with Crippen molar-refractivity contribution < 1.29 is 14.4 Å². The maximum absolute atomic E-state index is 12.4. The van der Waals surface area contributed by atoms with Crippen LogP contribution < -0.4 is 16.2 Å². The molecule has 3 rings (SSSR count). The van der Waals surface area contributed by atoms with Crippen molar-refractivity contribution in [1.82, 2.24) is 21.2 Å². The van der Waals surface area contributed by atoms with Crippen LogP contribution in [0.15, 0.2) is 54.6 Å². The Morgan fingerprint density at radius 3 is 2.43 bits per heavy atom. The summed E-state index contributed by atoms with van der Waals surface area (Å²) in [4.78, 5) is 41.3. The van der Waals surface area contributed by atoms with Crippen LogP contribution in [-0.4, -0.2) is 29.3 Å². The second-order valence-corrected chi connectivity index (χ2v) is 7.68. The minimum Gasteiger partial charge on any atom is -0.352 e. The molecule has 154 valence electrons. The number of rotatable bonds is 6. The quantitative estimate of drug-likeness (QED) is 0.532. The SMILES string of the molecule is Cc1cccc(C(=O)NCCC(=O)NNC(=O)c2sc(-c3ccccc3)nc2C)c1. The highest BCUT2D eigenvalue weighted by Crippen LogP contribution is 2.27. The van der Waals surface area contributed by atoms with Gasteiger partial charge in [0, 0.05) is 24.1 Å². The summed E-state index contributed by atoms with van der Waals surface area (Å²) in [5, 5.41) is 3.43. The first-order chi connectivity index (χ1) is 14.4. The first-order valence-electron chi connectivity index (χ1n) is 9.41. The molecular weight excluding hydrogens is 400 g/mol. The normalized spacial score (nSPS) is 10.3. The molecule has 3 N–H and O–H groups in total. The lowest BCUT2D eigenvalue weighted by Crippen LogP contribution is -2.42. The lowest BCUT2D eigenvalue weighted by atomic mass is 10.1. The maximum Gasteiger partial charge on any atom is 0.281 e. The van der Waals surface area contributed by atoms with Crippen molar-refractivity contribution in [3.05, 3.63) is 76.3 Å². The highest BCUT2D eigenvalue weighted by Gasteiger charge is 2.16. The molecule has 7 nitrogen and oxygen atoms in total. The van der Waals surface area contributed by atoms with E-state index in [1.165, 1.54) is 11.3 Å². The van der Waals surface area contributed by atoms with Crippen molar-refractivity contribution in [2.45, 2.75) is 20.3 Å². The summed E-state index contributed by atoms with van der Waals surface area (Å²) in [7, 11) is 0. The number of thiazole rings is 1. The van der Waals surface area contributed by atoms with Crippen molar-refractivity contribution in [2.24, 2.45) is 0 Å². The Kier molecular flexibility index (Phi) is 6.92. The minimum absolute atomic E-state index is 0.0365. The van der Waals surface area contributed by atoms with Crippen molar-refractivity contribution in [1.29, 1.82) is 0 Å². The Bertz CT molecular complexity index is 1060. The molecule has 0 spiro atoms. The molecule has 0 fully saturated rings. The van der Waals surface area contributed by atoms with Crippen LogP contribution in [0.25, 0.3) is 10.6 Å². The van der Waals surface area contributed by atoms with Gasteiger partial charge < -0.3 is 5.32 Å². The lowest BCUT2D eigenvalue weighted by molar-refractivity contribution is -0.121. The second kappa shape index (κ2) is 9.80. The van der Waals surface area contributed by atoms with Crippen molar-refractivity contribution >= 4 is 29.1 Å². The van der Waals surface area contributed by atoms with Gasteiger partial charge >= 0.3 is 0 Å². The summed E-state index contributed by atoms with van der Waals surface area (Å²) in [6, 6.07) is 16.8. The van der Waals surface area contributed by atoms with E-state index in [1.54, 1.807) is 25.1 Å². The van der Waals surface area contributed by atoms with E-state index in [9.17, 15) is 14.4 Å². The van der Waals surface area contributed by atoms with Crippen LogP contribution in [0.4, 0.5) is 0 Å². The van der Waals surface area contributed by atoms with Crippen molar-refractivity contribution in [2.75, 3.05) is 6.54 Å². The second-order valence-electron chi connectivity index (χ2n) is 6.68. The number of hydrazine groups is 1. The van der Waals surface area contributed by atoms with Crippen molar-refractivity contribution in [3.8, 4) is 10.6 Å². The number of amides is 3. The van der Waals surface area contributed by atoms with Crippen LogP contribution in [0.5, 0.6) is 0 Å². The van der Waals surface area contributed by atoms with Crippen LogP contribution in [-0.2, 0) is 4.79 Å². The fourth-order valence-corrected chi connectivity index (χ4v) is 3.70. The summed E-state index contributed by atoms with van der Waals surface area (Å²) < 4.78 is 0. The molecule has 0 radical (unpaired) electrons. The number of carbonyl (C=O) groups is 3. The lowest BCUT2D eigenvalue weighted by Gasteiger charge is -2.08. The molecule has 0 saturated heterocycles. The van der Waals surface area contributed by atoms with Gasteiger partial charge in [0.15, 0.2) is 0 Å². The number of carbonyl (C=O) groups excluding carboxylic acids is 3. The minimum atomic E-state index is -0.427. The van der Waals surface area contributed by atoms with Gasteiger partial charge in [0.25, 0.3) is 11.8 Å². The zero-order valence-electron chi connectivity index (χ0n) is 16.7. The topological polar surface area (TPSA) is 100 Å². The Morgan fingerprint density at radius 1 is 0.933 bits per heavy atom. The summed E-state index contributed by atoms with van der Waals surface area (Å²) in [6.45, 7) is 3.81. The molecule has 0 aliphatic rings. The summed E-state index contributed by atoms with van der Waals surface area (Å²) in [5.74, 6) is -1.08. The van der Waals surface area contributed by atoms with E-state index in [1.807, 2.05) is 43.3 Å². The van der Waals surface area contributed by atoms with Crippen LogP contribution in [0.2, 0.25) is 0 Å². The highest BCUT2D eigenvalue weighted by atomic mass is 32.1. The van der Waals surface area contributed by atoms with Crippen LogP contribution in [0.3, 0.4) is 0 Å². The van der Waals surface area contributed by atoms with Crippen LogP contribution in [0.1, 0.15) is 37.7 Å². The molecule has 1 heterocycles. The zero-order chi connectivity index (χ0) is 21.5. The molecule has 0 aliphatic heterocycles. The molecule has 8 heteroatoms. The van der Waals surface area contributed by atoms with E-state index < -0.39 is 11.8 Å². The molecule has 30 heavy (non-hydrogen) atoms. The third kappa shape index (κ3) is 5.51. The molecule has 0 unspecified atom stereocenters. The molecule has 2 aromatic carbocycles. The standard InChI is InChI=1S/C22H22N4O3S/c1-14-7-6-10-17(13-14)20(28)23-12-11-18(27)25-26-21(29)19-15(2)24-22(30-19)16-8-4-3-5-9-16/h3-10,13H,11-12H2,1-2H3,(H,23,28)(H,25,27)(H,26,29). The van der Waals surface area contributed by atoms with Gasteiger partial charge in [0.1, 0.15) is 9.88 Å². The van der Waals surface area contributed by atoms with Crippen molar-refractivity contribution in [3.63, 3.8) is 0 Å². The number of aryl methyl sites for hydroxylation is 2. The molecular formula is C22H22N4O3S. The van der Waals surface area contributed by atoms with Gasteiger partial charge in [-0.2, -0.15) is 0 Å². The Balaban J connectivity index is 1.46.